The van der Waals surface area contributed by atoms with Crippen LogP contribution in [0.3, 0.4) is 0 Å². The molecule has 0 bridgehead atoms. The lowest BCUT2D eigenvalue weighted by atomic mass is 9.68. The Morgan fingerprint density at radius 2 is 1.26 bits per heavy atom. The van der Waals surface area contributed by atoms with Crippen LogP contribution >= 0.6 is 0 Å². The summed E-state index contributed by atoms with van der Waals surface area (Å²) >= 11 is 0. The van der Waals surface area contributed by atoms with Gasteiger partial charge in [-0.2, -0.15) is 0 Å². The molecule has 4 fully saturated rings. The molecule has 4 heterocycles. The van der Waals surface area contributed by atoms with Crippen LogP contribution in [-0.2, 0) is 24.4 Å². The second-order valence-electron chi connectivity index (χ2n) is 9.39. The average molecular weight is 423 g/mol. The molecular weight excluding hydrogens is 392 g/mol. The van der Waals surface area contributed by atoms with Crippen molar-refractivity contribution in [2.24, 2.45) is 0 Å². The summed E-state index contributed by atoms with van der Waals surface area (Å²) in [5.74, 6) is 0. The Hall–Kier alpha value is -2.12. The summed E-state index contributed by atoms with van der Waals surface area (Å²) in [5.41, 5.74) is 10.6. The minimum absolute atomic E-state index is 0.189. The summed E-state index contributed by atoms with van der Waals surface area (Å²) in [6.07, 6.45) is 3.13. The van der Waals surface area contributed by atoms with E-state index >= 15 is 0 Å². The Balaban J connectivity index is 1.40. The van der Waals surface area contributed by atoms with Gasteiger partial charge in [0.2, 0.25) is 0 Å². The van der Waals surface area contributed by atoms with Gasteiger partial charge >= 0.3 is 0 Å². The molecule has 0 amide bonds. The zero-order valence-electron chi connectivity index (χ0n) is 17.7. The first kappa shape index (κ1) is 19.6. The van der Waals surface area contributed by atoms with E-state index in [0.29, 0.717) is 24.4 Å². The number of anilines is 2. The summed E-state index contributed by atoms with van der Waals surface area (Å²) in [6.45, 7) is 5.19. The number of benzene rings is 2. The number of nitrogens with zero attached hydrogens (tertiary/aromatic N) is 1. The van der Waals surface area contributed by atoms with Gasteiger partial charge in [0.1, 0.15) is 0 Å². The van der Waals surface area contributed by atoms with Crippen LogP contribution in [0.25, 0.3) is 0 Å². The highest BCUT2D eigenvalue weighted by Gasteiger charge is 2.45. The maximum atomic E-state index is 6.23. The van der Waals surface area contributed by atoms with E-state index in [1.165, 1.54) is 16.8 Å². The van der Waals surface area contributed by atoms with Crippen molar-refractivity contribution in [2.45, 2.75) is 42.7 Å². The van der Waals surface area contributed by atoms with Crippen molar-refractivity contribution in [3.05, 3.63) is 59.7 Å². The molecule has 6 heteroatoms. The number of hydrogen-bond donors (Lipinski definition) is 1. The molecule has 4 aliphatic heterocycles. The van der Waals surface area contributed by atoms with Gasteiger partial charge < -0.3 is 29.6 Å². The molecule has 0 saturated carbocycles. The van der Waals surface area contributed by atoms with E-state index in [4.69, 9.17) is 24.7 Å². The zero-order chi connectivity index (χ0) is 20.8. The second kappa shape index (κ2) is 7.78. The molecular formula is C25H30N2O4. The SMILES string of the molecule is Nc1cccc(C(CC2CO2)(CC2CO2)c2cccc(N(CC3CO3)CC3CO3)c2)c1. The molecule has 0 radical (unpaired) electrons. The Bertz CT molecular complexity index is 907. The van der Waals surface area contributed by atoms with Crippen molar-refractivity contribution in [3.8, 4) is 0 Å². The highest BCUT2D eigenvalue weighted by Crippen LogP contribution is 2.46. The molecule has 4 unspecified atom stereocenters. The van der Waals surface area contributed by atoms with Crippen LogP contribution in [-0.4, -0.2) is 63.9 Å². The van der Waals surface area contributed by atoms with Crippen LogP contribution in [0.4, 0.5) is 11.4 Å². The normalized spacial score (nSPS) is 29.8. The first-order valence-electron chi connectivity index (χ1n) is 11.4. The van der Waals surface area contributed by atoms with Gasteiger partial charge in [-0.15, -0.1) is 0 Å². The summed E-state index contributed by atoms with van der Waals surface area (Å²) in [4.78, 5) is 2.42. The number of hydrogen-bond acceptors (Lipinski definition) is 6. The fourth-order valence-corrected chi connectivity index (χ4v) is 4.83. The summed E-state index contributed by atoms with van der Waals surface area (Å²) < 4.78 is 22.5. The fourth-order valence-electron chi connectivity index (χ4n) is 4.83. The van der Waals surface area contributed by atoms with E-state index in [-0.39, 0.29) is 5.41 Å². The van der Waals surface area contributed by atoms with E-state index in [9.17, 15) is 0 Å². The van der Waals surface area contributed by atoms with E-state index in [0.717, 1.165) is 58.0 Å². The van der Waals surface area contributed by atoms with E-state index < -0.39 is 0 Å². The average Bonchev–Trinajstić information content (AvgIpc) is 3.62. The lowest BCUT2D eigenvalue weighted by Crippen LogP contribution is -2.34. The van der Waals surface area contributed by atoms with Crippen LogP contribution in [0.2, 0.25) is 0 Å². The van der Waals surface area contributed by atoms with Crippen molar-refractivity contribution in [2.75, 3.05) is 50.2 Å². The van der Waals surface area contributed by atoms with Gasteiger partial charge in [-0.25, -0.2) is 0 Å². The van der Waals surface area contributed by atoms with Crippen LogP contribution in [0.15, 0.2) is 48.5 Å². The third-order valence-corrected chi connectivity index (χ3v) is 6.81. The maximum Gasteiger partial charge on any atom is 0.0984 e. The first-order valence-corrected chi connectivity index (χ1v) is 11.4. The summed E-state index contributed by atoms with van der Waals surface area (Å²) in [7, 11) is 0. The van der Waals surface area contributed by atoms with Gasteiger partial charge in [0.25, 0.3) is 0 Å². The predicted molar refractivity (Wildman–Crippen MR) is 118 cm³/mol. The molecule has 4 aliphatic rings. The van der Waals surface area contributed by atoms with Crippen LogP contribution in [0.5, 0.6) is 0 Å². The Labute approximate surface area is 183 Å². The Morgan fingerprint density at radius 3 is 1.77 bits per heavy atom. The largest absolute Gasteiger partial charge is 0.399 e. The molecule has 2 aromatic rings. The monoisotopic (exact) mass is 422 g/mol. The molecule has 164 valence electrons. The van der Waals surface area contributed by atoms with Crippen molar-refractivity contribution in [1.82, 2.24) is 0 Å². The lowest BCUT2D eigenvalue weighted by Gasteiger charge is -2.36. The topological polar surface area (TPSA) is 79.4 Å². The van der Waals surface area contributed by atoms with Crippen LogP contribution in [0, 0.1) is 0 Å². The minimum Gasteiger partial charge on any atom is -0.399 e. The first-order chi connectivity index (χ1) is 15.2. The smallest absolute Gasteiger partial charge is 0.0984 e. The van der Waals surface area contributed by atoms with Crippen molar-refractivity contribution in [3.63, 3.8) is 0 Å². The molecule has 4 atom stereocenters. The zero-order valence-corrected chi connectivity index (χ0v) is 17.7. The van der Waals surface area contributed by atoms with Crippen molar-refractivity contribution in [1.29, 1.82) is 0 Å². The Kier molecular flexibility index (Phi) is 4.91. The minimum atomic E-state index is -0.189. The number of ether oxygens (including phenoxy) is 4. The molecule has 0 aliphatic carbocycles. The molecule has 2 N–H and O–H groups in total. The quantitative estimate of drug-likeness (QED) is 0.443. The molecule has 6 nitrogen and oxygen atoms in total. The molecule has 0 spiro atoms. The van der Waals surface area contributed by atoms with E-state index in [2.05, 4.69) is 47.4 Å². The van der Waals surface area contributed by atoms with Gasteiger partial charge in [-0.1, -0.05) is 24.3 Å². The maximum absolute atomic E-state index is 6.23. The number of rotatable bonds is 11. The van der Waals surface area contributed by atoms with Crippen LogP contribution in [0.1, 0.15) is 24.0 Å². The highest BCUT2D eigenvalue weighted by molar-refractivity contribution is 5.55. The number of nitrogen functional groups attached to an aromatic ring is 1. The molecule has 2 aromatic carbocycles. The number of epoxide rings is 4. The van der Waals surface area contributed by atoms with Gasteiger partial charge in [-0.05, 0) is 48.2 Å². The van der Waals surface area contributed by atoms with Gasteiger partial charge in [0.05, 0.1) is 50.8 Å². The Morgan fingerprint density at radius 1 is 0.742 bits per heavy atom. The lowest BCUT2D eigenvalue weighted by molar-refractivity contribution is 0.300. The van der Waals surface area contributed by atoms with Crippen molar-refractivity contribution < 1.29 is 18.9 Å². The van der Waals surface area contributed by atoms with Gasteiger partial charge in [0, 0.05) is 29.9 Å². The molecule has 31 heavy (non-hydrogen) atoms. The third-order valence-electron chi connectivity index (χ3n) is 6.81. The third kappa shape index (κ3) is 4.58. The summed E-state index contributed by atoms with van der Waals surface area (Å²) in [6, 6.07) is 17.4. The predicted octanol–water partition coefficient (Wildman–Crippen LogP) is 2.74. The molecule has 0 aromatic heterocycles. The van der Waals surface area contributed by atoms with Crippen molar-refractivity contribution >= 4 is 11.4 Å². The highest BCUT2D eigenvalue weighted by atomic mass is 16.6. The van der Waals surface area contributed by atoms with E-state index in [1.54, 1.807) is 0 Å². The molecule has 6 rings (SSSR count). The van der Waals surface area contributed by atoms with Crippen LogP contribution < -0.4 is 10.6 Å². The number of nitrogens with two attached hydrogens (primary N) is 1. The fraction of sp³-hybridized carbons (Fsp3) is 0.520. The standard InChI is InChI=1S/C25H30N2O4/c26-19-5-1-3-17(7-19)25(9-21-13-28-21,10-22-14-29-22)18-4-2-6-20(8-18)27(11-23-15-30-23)12-24-16-31-24/h1-8,21-24H,9-16,26H2. The second-order valence-corrected chi connectivity index (χ2v) is 9.39. The summed E-state index contributed by atoms with van der Waals surface area (Å²) in [5, 5.41) is 0. The molecule has 4 saturated heterocycles. The van der Waals surface area contributed by atoms with E-state index in [1.807, 2.05) is 6.07 Å². The van der Waals surface area contributed by atoms with Gasteiger partial charge in [0.15, 0.2) is 0 Å². The van der Waals surface area contributed by atoms with Gasteiger partial charge in [-0.3, -0.25) is 0 Å².